The highest BCUT2D eigenvalue weighted by atomic mass is 19.1. The van der Waals surface area contributed by atoms with Gasteiger partial charge < -0.3 is 4.98 Å². The first kappa shape index (κ1) is 9.25. The van der Waals surface area contributed by atoms with Crippen molar-refractivity contribution < 1.29 is 4.39 Å². The van der Waals surface area contributed by atoms with Gasteiger partial charge in [-0.2, -0.15) is 0 Å². The Morgan fingerprint density at radius 1 is 1.29 bits per heavy atom. The summed E-state index contributed by atoms with van der Waals surface area (Å²) in [5.74, 6) is 0.445. The summed E-state index contributed by atoms with van der Waals surface area (Å²) < 4.78 is 12.9. The number of hydrogen-bond donors (Lipinski definition) is 1. The van der Waals surface area contributed by atoms with Crippen molar-refractivity contribution in [1.29, 1.82) is 0 Å². The average Bonchev–Trinajstić information content (AvgIpc) is 2.44. The summed E-state index contributed by atoms with van der Waals surface area (Å²) in [6.07, 6.45) is 1.01. The Morgan fingerprint density at radius 3 is 2.79 bits per heavy atom. The van der Waals surface area contributed by atoms with Crippen molar-refractivity contribution in [3.8, 4) is 0 Å². The molecule has 2 rings (SSSR count). The molecule has 0 bridgehead atoms. The van der Waals surface area contributed by atoms with E-state index in [0.717, 1.165) is 17.3 Å². The monoisotopic (exact) mass is 191 g/mol. The first-order valence-electron chi connectivity index (χ1n) is 4.92. The van der Waals surface area contributed by atoms with Crippen molar-refractivity contribution in [2.75, 3.05) is 0 Å². The molecule has 74 valence electrons. The molecule has 2 aromatic rings. The molecule has 0 saturated carbocycles. The van der Waals surface area contributed by atoms with Gasteiger partial charge in [-0.3, -0.25) is 0 Å². The van der Waals surface area contributed by atoms with E-state index in [1.54, 1.807) is 12.1 Å². The molecule has 0 aliphatic rings. The van der Waals surface area contributed by atoms with Crippen LogP contribution in [0.2, 0.25) is 0 Å². The van der Waals surface area contributed by atoms with Gasteiger partial charge in [0.25, 0.3) is 0 Å². The van der Waals surface area contributed by atoms with Gasteiger partial charge in [0, 0.05) is 16.6 Å². The second-order valence-electron chi connectivity index (χ2n) is 4.12. The molecule has 0 aliphatic carbocycles. The number of hydrogen-bond acceptors (Lipinski definition) is 0. The molecule has 0 aliphatic heterocycles. The van der Waals surface area contributed by atoms with Crippen LogP contribution < -0.4 is 0 Å². The fourth-order valence-electron chi connectivity index (χ4n) is 1.71. The minimum Gasteiger partial charge on any atom is -0.358 e. The number of halogens is 1. The fourth-order valence-corrected chi connectivity index (χ4v) is 1.71. The summed E-state index contributed by atoms with van der Waals surface area (Å²) in [4.78, 5) is 3.29. The Bertz CT molecular complexity index is 443. The van der Waals surface area contributed by atoms with Gasteiger partial charge in [0.1, 0.15) is 5.82 Å². The second kappa shape index (κ2) is 3.45. The van der Waals surface area contributed by atoms with Gasteiger partial charge in [-0.1, -0.05) is 13.8 Å². The summed E-state index contributed by atoms with van der Waals surface area (Å²) in [5, 5.41) is 0.959. The van der Waals surface area contributed by atoms with E-state index >= 15 is 0 Å². The quantitative estimate of drug-likeness (QED) is 0.747. The maximum Gasteiger partial charge on any atom is 0.123 e. The Hall–Kier alpha value is -1.31. The van der Waals surface area contributed by atoms with E-state index in [9.17, 15) is 4.39 Å². The van der Waals surface area contributed by atoms with Crippen LogP contribution in [0.3, 0.4) is 0 Å². The third-order valence-electron chi connectivity index (χ3n) is 2.27. The van der Waals surface area contributed by atoms with E-state index in [1.807, 2.05) is 6.07 Å². The normalized spacial score (nSPS) is 11.4. The largest absolute Gasteiger partial charge is 0.358 e. The summed E-state index contributed by atoms with van der Waals surface area (Å²) in [7, 11) is 0. The van der Waals surface area contributed by atoms with Gasteiger partial charge in [0.2, 0.25) is 0 Å². The molecule has 0 amide bonds. The van der Waals surface area contributed by atoms with E-state index in [4.69, 9.17) is 0 Å². The van der Waals surface area contributed by atoms with Gasteiger partial charge in [-0.15, -0.1) is 0 Å². The summed E-state index contributed by atoms with van der Waals surface area (Å²) in [6, 6.07) is 6.86. The van der Waals surface area contributed by atoms with Crippen LogP contribution in [0.25, 0.3) is 10.9 Å². The van der Waals surface area contributed by atoms with Gasteiger partial charge in [-0.25, -0.2) is 4.39 Å². The lowest BCUT2D eigenvalue weighted by molar-refractivity contribution is 0.629. The molecule has 1 nitrogen and oxygen atoms in total. The molecule has 1 aromatic carbocycles. The highest BCUT2D eigenvalue weighted by molar-refractivity contribution is 5.80. The van der Waals surface area contributed by atoms with Gasteiger partial charge in [0.15, 0.2) is 0 Å². The van der Waals surface area contributed by atoms with Crippen molar-refractivity contribution >= 4 is 10.9 Å². The first-order chi connectivity index (χ1) is 6.65. The van der Waals surface area contributed by atoms with Crippen molar-refractivity contribution in [1.82, 2.24) is 4.98 Å². The predicted molar refractivity (Wildman–Crippen MR) is 56.8 cm³/mol. The van der Waals surface area contributed by atoms with E-state index in [0.29, 0.717) is 5.92 Å². The molecule has 1 aromatic heterocycles. The predicted octanol–water partition coefficient (Wildman–Crippen LogP) is 3.51. The molecule has 1 heterocycles. The zero-order chi connectivity index (χ0) is 10.1. The van der Waals surface area contributed by atoms with Gasteiger partial charge >= 0.3 is 0 Å². The second-order valence-corrected chi connectivity index (χ2v) is 4.12. The Morgan fingerprint density at radius 2 is 2.07 bits per heavy atom. The van der Waals surface area contributed by atoms with Crippen LogP contribution >= 0.6 is 0 Å². The molecule has 0 radical (unpaired) electrons. The smallest absolute Gasteiger partial charge is 0.123 e. The maximum atomic E-state index is 12.9. The molecule has 0 spiro atoms. The first-order valence-corrected chi connectivity index (χ1v) is 4.92. The van der Waals surface area contributed by atoms with Crippen molar-refractivity contribution in [3.63, 3.8) is 0 Å². The third-order valence-corrected chi connectivity index (χ3v) is 2.27. The topological polar surface area (TPSA) is 15.8 Å². The number of aromatic amines is 1. The van der Waals surface area contributed by atoms with Gasteiger partial charge in [-0.05, 0) is 36.6 Å². The summed E-state index contributed by atoms with van der Waals surface area (Å²) >= 11 is 0. The zero-order valence-corrected chi connectivity index (χ0v) is 8.47. The molecule has 0 atom stereocenters. The number of fused-ring (bicyclic) bond motifs is 1. The average molecular weight is 191 g/mol. The number of rotatable bonds is 2. The van der Waals surface area contributed by atoms with Crippen LogP contribution in [0.1, 0.15) is 19.5 Å². The SMILES string of the molecule is CC(C)Cc1cc2cc(F)ccc2[nH]1. The Labute approximate surface area is 82.9 Å². The van der Waals surface area contributed by atoms with Crippen LogP contribution in [-0.4, -0.2) is 4.98 Å². The molecular formula is C12H14FN. The third kappa shape index (κ3) is 1.79. The van der Waals surface area contributed by atoms with E-state index in [-0.39, 0.29) is 5.82 Å². The van der Waals surface area contributed by atoms with Crippen molar-refractivity contribution in [2.24, 2.45) is 5.92 Å². The highest BCUT2D eigenvalue weighted by Gasteiger charge is 2.03. The lowest BCUT2D eigenvalue weighted by atomic mass is 10.1. The molecule has 0 fully saturated rings. The van der Waals surface area contributed by atoms with Crippen LogP contribution in [0, 0.1) is 11.7 Å². The number of benzene rings is 1. The molecule has 0 saturated heterocycles. The maximum absolute atomic E-state index is 12.9. The molecular weight excluding hydrogens is 177 g/mol. The Balaban J connectivity index is 2.41. The number of aromatic nitrogens is 1. The minimum atomic E-state index is -0.174. The number of nitrogens with one attached hydrogen (secondary N) is 1. The van der Waals surface area contributed by atoms with E-state index < -0.39 is 0 Å². The summed E-state index contributed by atoms with van der Waals surface area (Å²) in [5.41, 5.74) is 2.20. The van der Waals surface area contributed by atoms with Crippen LogP contribution in [0.15, 0.2) is 24.3 Å². The highest BCUT2D eigenvalue weighted by Crippen LogP contribution is 2.18. The van der Waals surface area contributed by atoms with Crippen molar-refractivity contribution in [3.05, 3.63) is 35.8 Å². The minimum absolute atomic E-state index is 0.174. The fraction of sp³-hybridized carbons (Fsp3) is 0.333. The standard InChI is InChI=1S/C12H14FN/c1-8(2)5-11-7-9-6-10(13)3-4-12(9)14-11/h3-4,6-8,14H,5H2,1-2H3. The lowest BCUT2D eigenvalue weighted by Gasteiger charge is -1.99. The molecule has 14 heavy (non-hydrogen) atoms. The van der Waals surface area contributed by atoms with Crippen LogP contribution in [-0.2, 0) is 6.42 Å². The molecule has 1 N–H and O–H groups in total. The van der Waals surface area contributed by atoms with Crippen LogP contribution in [0.4, 0.5) is 4.39 Å². The molecule has 0 unspecified atom stereocenters. The van der Waals surface area contributed by atoms with Crippen molar-refractivity contribution in [2.45, 2.75) is 20.3 Å². The van der Waals surface area contributed by atoms with Gasteiger partial charge in [0.05, 0.1) is 0 Å². The van der Waals surface area contributed by atoms with E-state index in [1.165, 1.54) is 11.8 Å². The van der Waals surface area contributed by atoms with Crippen LogP contribution in [0.5, 0.6) is 0 Å². The van der Waals surface area contributed by atoms with E-state index in [2.05, 4.69) is 18.8 Å². The Kier molecular flexibility index (Phi) is 2.28. The lowest BCUT2D eigenvalue weighted by Crippen LogP contribution is -1.93. The summed E-state index contributed by atoms with van der Waals surface area (Å²) in [6.45, 7) is 4.35. The zero-order valence-electron chi connectivity index (χ0n) is 8.47. The number of H-pyrrole nitrogens is 1. The molecule has 2 heteroatoms.